The Balaban J connectivity index is 2.18. The molecule has 0 saturated carbocycles. The van der Waals surface area contributed by atoms with Crippen LogP contribution in [0, 0.1) is 0 Å². The third-order valence-corrected chi connectivity index (χ3v) is 2.32. The van der Waals surface area contributed by atoms with Gasteiger partial charge in [0.05, 0.1) is 25.2 Å². The van der Waals surface area contributed by atoms with Crippen molar-refractivity contribution < 1.29 is 9.47 Å². The Morgan fingerprint density at radius 3 is 2.28 bits per heavy atom. The first-order chi connectivity index (χ1) is 8.48. The lowest BCUT2D eigenvalue weighted by molar-refractivity contribution is 0.131. The lowest BCUT2D eigenvalue weighted by Crippen LogP contribution is -2.22. The Morgan fingerprint density at radius 1 is 1.06 bits per heavy atom. The molecular weight excluding hydrogens is 228 g/mol. The van der Waals surface area contributed by atoms with E-state index in [1.54, 1.807) is 18.0 Å². The summed E-state index contributed by atoms with van der Waals surface area (Å²) in [5.41, 5.74) is 0.757. The zero-order chi connectivity index (χ0) is 13.2. The van der Waals surface area contributed by atoms with Crippen molar-refractivity contribution in [1.29, 1.82) is 0 Å². The smallest absolute Gasteiger partial charge is 0.158 e. The van der Waals surface area contributed by atoms with Gasteiger partial charge in [-0.25, -0.2) is 4.68 Å². The standard InChI is InChI=1S/C14H18N2O2/c1-14(2,3)18-13-9-15-16(10-13)11-5-7-12(17-4)8-6-11/h5-10H,1-4H3. The minimum absolute atomic E-state index is 0.215. The maximum atomic E-state index is 5.74. The fourth-order valence-electron chi connectivity index (χ4n) is 1.59. The molecule has 1 aromatic heterocycles. The number of rotatable bonds is 3. The van der Waals surface area contributed by atoms with Gasteiger partial charge in [0.1, 0.15) is 11.4 Å². The molecule has 0 saturated heterocycles. The van der Waals surface area contributed by atoms with Crippen molar-refractivity contribution in [3.8, 4) is 17.2 Å². The van der Waals surface area contributed by atoms with Gasteiger partial charge in [-0.15, -0.1) is 0 Å². The van der Waals surface area contributed by atoms with E-state index in [1.165, 1.54) is 0 Å². The summed E-state index contributed by atoms with van der Waals surface area (Å²) in [6, 6.07) is 7.71. The van der Waals surface area contributed by atoms with Crippen LogP contribution < -0.4 is 9.47 Å². The molecule has 0 atom stereocenters. The molecule has 18 heavy (non-hydrogen) atoms. The van der Waals surface area contributed by atoms with E-state index in [9.17, 15) is 0 Å². The molecule has 0 amide bonds. The fourth-order valence-corrected chi connectivity index (χ4v) is 1.59. The fraction of sp³-hybridized carbons (Fsp3) is 0.357. The molecule has 1 aromatic carbocycles. The van der Waals surface area contributed by atoms with Gasteiger partial charge in [0, 0.05) is 0 Å². The summed E-state index contributed by atoms with van der Waals surface area (Å²) in [6.07, 6.45) is 3.59. The van der Waals surface area contributed by atoms with Gasteiger partial charge in [-0.3, -0.25) is 0 Å². The number of methoxy groups -OCH3 is 1. The first-order valence-corrected chi connectivity index (χ1v) is 5.86. The quantitative estimate of drug-likeness (QED) is 0.835. The molecule has 2 rings (SSSR count). The van der Waals surface area contributed by atoms with E-state index in [4.69, 9.17) is 9.47 Å². The van der Waals surface area contributed by atoms with Crippen LogP contribution in [0.15, 0.2) is 36.7 Å². The van der Waals surface area contributed by atoms with Crippen molar-refractivity contribution in [2.45, 2.75) is 26.4 Å². The molecule has 0 spiro atoms. The molecule has 1 heterocycles. The van der Waals surface area contributed by atoms with Gasteiger partial charge >= 0.3 is 0 Å². The second kappa shape index (κ2) is 4.72. The van der Waals surface area contributed by atoms with Crippen LogP contribution in [0.3, 0.4) is 0 Å². The highest BCUT2D eigenvalue weighted by Gasteiger charge is 2.13. The molecule has 0 radical (unpaired) electrons. The van der Waals surface area contributed by atoms with Crippen LogP contribution in [-0.2, 0) is 0 Å². The molecule has 2 aromatic rings. The van der Waals surface area contributed by atoms with Gasteiger partial charge in [-0.05, 0) is 45.0 Å². The highest BCUT2D eigenvalue weighted by Crippen LogP contribution is 2.20. The maximum absolute atomic E-state index is 5.74. The highest BCUT2D eigenvalue weighted by atomic mass is 16.5. The number of hydrogen-bond donors (Lipinski definition) is 0. The van der Waals surface area contributed by atoms with Crippen LogP contribution >= 0.6 is 0 Å². The van der Waals surface area contributed by atoms with E-state index in [1.807, 2.05) is 51.2 Å². The summed E-state index contributed by atoms with van der Waals surface area (Å²) in [7, 11) is 1.65. The Hall–Kier alpha value is -1.97. The number of aromatic nitrogens is 2. The third kappa shape index (κ3) is 3.03. The molecule has 0 aliphatic heterocycles. The van der Waals surface area contributed by atoms with Crippen molar-refractivity contribution in [1.82, 2.24) is 9.78 Å². The van der Waals surface area contributed by atoms with Crippen LogP contribution in [0.1, 0.15) is 20.8 Å². The van der Waals surface area contributed by atoms with E-state index in [0.29, 0.717) is 0 Å². The van der Waals surface area contributed by atoms with E-state index < -0.39 is 0 Å². The van der Waals surface area contributed by atoms with E-state index in [0.717, 1.165) is 17.2 Å². The Morgan fingerprint density at radius 2 is 1.72 bits per heavy atom. The van der Waals surface area contributed by atoms with Crippen LogP contribution in [0.5, 0.6) is 11.5 Å². The summed E-state index contributed by atoms with van der Waals surface area (Å²) in [6.45, 7) is 6.03. The summed E-state index contributed by atoms with van der Waals surface area (Å²) in [5.74, 6) is 1.59. The second-order valence-electron chi connectivity index (χ2n) is 5.03. The average Bonchev–Trinajstić information content (AvgIpc) is 2.75. The molecular formula is C14H18N2O2. The number of benzene rings is 1. The zero-order valence-electron chi connectivity index (χ0n) is 11.2. The monoisotopic (exact) mass is 246 g/mol. The normalized spacial score (nSPS) is 11.3. The van der Waals surface area contributed by atoms with E-state index in [2.05, 4.69) is 5.10 Å². The van der Waals surface area contributed by atoms with Gasteiger partial charge in [0.15, 0.2) is 5.75 Å². The summed E-state index contributed by atoms with van der Waals surface area (Å²) >= 11 is 0. The molecule has 0 fully saturated rings. The van der Waals surface area contributed by atoms with Crippen LogP contribution in [0.2, 0.25) is 0 Å². The Labute approximate surface area is 107 Å². The molecule has 0 aliphatic rings. The van der Waals surface area contributed by atoms with Crippen molar-refractivity contribution in [2.75, 3.05) is 7.11 Å². The molecule has 4 nitrogen and oxygen atoms in total. The van der Waals surface area contributed by atoms with Crippen molar-refractivity contribution in [3.63, 3.8) is 0 Å². The minimum Gasteiger partial charge on any atom is -0.497 e. The SMILES string of the molecule is COc1ccc(-n2cc(OC(C)(C)C)cn2)cc1. The largest absolute Gasteiger partial charge is 0.497 e. The van der Waals surface area contributed by atoms with Crippen LogP contribution in [0.25, 0.3) is 5.69 Å². The predicted octanol–water partition coefficient (Wildman–Crippen LogP) is 3.06. The molecule has 4 heteroatoms. The van der Waals surface area contributed by atoms with Crippen LogP contribution in [-0.4, -0.2) is 22.5 Å². The number of ether oxygens (including phenoxy) is 2. The van der Waals surface area contributed by atoms with E-state index >= 15 is 0 Å². The summed E-state index contributed by atoms with van der Waals surface area (Å²) in [4.78, 5) is 0. The topological polar surface area (TPSA) is 36.3 Å². The predicted molar refractivity (Wildman–Crippen MR) is 70.5 cm³/mol. The Kier molecular flexibility index (Phi) is 3.28. The molecule has 0 bridgehead atoms. The third-order valence-electron chi connectivity index (χ3n) is 2.32. The molecule has 0 N–H and O–H groups in total. The average molecular weight is 246 g/mol. The van der Waals surface area contributed by atoms with E-state index in [-0.39, 0.29) is 5.60 Å². The summed E-state index contributed by atoms with van der Waals surface area (Å²) < 4.78 is 12.6. The first-order valence-electron chi connectivity index (χ1n) is 5.86. The van der Waals surface area contributed by atoms with Gasteiger partial charge in [0.2, 0.25) is 0 Å². The van der Waals surface area contributed by atoms with Gasteiger partial charge in [0.25, 0.3) is 0 Å². The second-order valence-corrected chi connectivity index (χ2v) is 5.03. The molecule has 96 valence electrons. The highest BCUT2D eigenvalue weighted by molar-refractivity contribution is 5.37. The van der Waals surface area contributed by atoms with Gasteiger partial charge in [-0.1, -0.05) is 0 Å². The maximum Gasteiger partial charge on any atom is 0.158 e. The molecule has 0 aliphatic carbocycles. The summed E-state index contributed by atoms with van der Waals surface area (Å²) in [5, 5.41) is 4.28. The number of hydrogen-bond acceptors (Lipinski definition) is 3. The minimum atomic E-state index is -0.215. The number of nitrogens with zero attached hydrogens (tertiary/aromatic N) is 2. The lowest BCUT2D eigenvalue weighted by atomic mass is 10.2. The lowest BCUT2D eigenvalue weighted by Gasteiger charge is -2.19. The van der Waals surface area contributed by atoms with Crippen LogP contribution in [0.4, 0.5) is 0 Å². The zero-order valence-corrected chi connectivity index (χ0v) is 11.2. The van der Waals surface area contributed by atoms with Crippen molar-refractivity contribution in [2.24, 2.45) is 0 Å². The Bertz CT molecular complexity index is 509. The molecule has 0 unspecified atom stereocenters. The van der Waals surface area contributed by atoms with Gasteiger partial charge < -0.3 is 9.47 Å². The first kappa shape index (κ1) is 12.5. The van der Waals surface area contributed by atoms with Crippen molar-refractivity contribution in [3.05, 3.63) is 36.7 Å². The van der Waals surface area contributed by atoms with Gasteiger partial charge in [-0.2, -0.15) is 5.10 Å². The van der Waals surface area contributed by atoms with Crippen molar-refractivity contribution >= 4 is 0 Å².